The molecule has 1 N–H and O–H groups in total. The van der Waals surface area contributed by atoms with E-state index in [2.05, 4.69) is 72.4 Å². The van der Waals surface area contributed by atoms with Crippen molar-refractivity contribution < 1.29 is 0 Å². The van der Waals surface area contributed by atoms with Crippen LogP contribution in [-0.2, 0) is 5.41 Å². The predicted molar refractivity (Wildman–Crippen MR) is 135 cm³/mol. The van der Waals surface area contributed by atoms with Crippen LogP contribution < -0.4 is 10.6 Å². The molecule has 0 unspecified atom stereocenters. The van der Waals surface area contributed by atoms with E-state index >= 15 is 0 Å². The summed E-state index contributed by atoms with van der Waals surface area (Å²) in [6.45, 7) is 6.64. The maximum atomic E-state index is 12.3. The third kappa shape index (κ3) is 3.76. The second kappa shape index (κ2) is 7.74. The second-order valence-corrected chi connectivity index (χ2v) is 9.63. The van der Waals surface area contributed by atoms with Crippen LogP contribution in [0.5, 0.6) is 0 Å². The van der Waals surface area contributed by atoms with Gasteiger partial charge in [-0.3, -0.25) is 0 Å². The Morgan fingerprint density at radius 1 is 0.970 bits per heavy atom. The number of nitrogens with zero attached hydrogens (tertiary/aromatic N) is 4. The summed E-state index contributed by atoms with van der Waals surface area (Å²) in [6.07, 6.45) is 0. The van der Waals surface area contributed by atoms with Crippen molar-refractivity contribution >= 4 is 39.8 Å². The summed E-state index contributed by atoms with van der Waals surface area (Å²) < 4.78 is 1.44. The summed E-state index contributed by atoms with van der Waals surface area (Å²) in [5.74, 6) is 0.985. The molecule has 0 aliphatic carbocycles. The fourth-order valence-corrected chi connectivity index (χ4v) is 4.22. The molecule has 0 atom stereocenters. The fraction of sp³-hybridized carbons (Fsp3) is 0.192. The van der Waals surface area contributed by atoms with Gasteiger partial charge in [-0.15, -0.1) is 5.10 Å². The Hall–Kier alpha value is -3.64. The van der Waals surface area contributed by atoms with Gasteiger partial charge in [-0.2, -0.15) is 4.98 Å². The minimum Gasteiger partial charge on any atom is -0.329 e. The SMILES string of the molecule is CN(c1cccc(-c2ccc(C(C)(C)C)cc2)c1)c1nc2n[nH]c(=O)n2c2cc(Cl)ccc12. The molecule has 0 radical (unpaired) electrons. The van der Waals surface area contributed by atoms with Crippen LogP contribution in [0.25, 0.3) is 27.8 Å². The molecule has 5 rings (SSSR count). The van der Waals surface area contributed by atoms with Gasteiger partial charge in [-0.05, 0) is 52.4 Å². The summed E-state index contributed by atoms with van der Waals surface area (Å²) >= 11 is 6.24. The van der Waals surface area contributed by atoms with E-state index in [1.54, 1.807) is 12.1 Å². The third-order valence-electron chi connectivity index (χ3n) is 5.94. The molecule has 0 aliphatic heterocycles. The van der Waals surface area contributed by atoms with Crippen LogP contribution in [0.2, 0.25) is 5.02 Å². The van der Waals surface area contributed by atoms with Crippen molar-refractivity contribution in [3.05, 3.63) is 87.8 Å². The summed E-state index contributed by atoms with van der Waals surface area (Å²) in [5, 5.41) is 7.89. The van der Waals surface area contributed by atoms with Crippen LogP contribution >= 0.6 is 11.6 Å². The summed E-state index contributed by atoms with van der Waals surface area (Å²) in [4.78, 5) is 19.0. The van der Waals surface area contributed by atoms with Gasteiger partial charge in [-0.1, -0.05) is 68.8 Å². The van der Waals surface area contributed by atoms with Gasteiger partial charge in [0.1, 0.15) is 5.82 Å². The standard InChI is InChI=1S/C26H24ClN5O/c1-26(2,3)18-10-8-16(9-11-18)17-6-5-7-20(14-17)31(4)23-21-13-12-19(27)15-22(21)32-24(28-23)29-30-25(32)33/h5-15H,1-4H3,(H,30,33). The van der Waals surface area contributed by atoms with Crippen molar-refractivity contribution in [2.45, 2.75) is 26.2 Å². The number of fused-ring (bicyclic) bond motifs is 3. The number of rotatable bonds is 3. The highest BCUT2D eigenvalue weighted by Gasteiger charge is 2.17. The van der Waals surface area contributed by atoms with Gasteiger partial charge >= 0.3 is 5.69 Å². The molecule has 5 aromatic rings. The second-order valence-electron chi connectivity index (χ2n) is 9.20. The maximum Gasteiger partial charge on any atom is 0.349 e. The molecule has 33 heavy (non-hydrogen) atoms. The van der Waals surface area contributed by atoms with Crippen LogP contribution in [0.15, 0.2) is 71.5 Å². The zero-order valence-corrected chi connectivity index (χ0v) is 19.7. The minimum absolute atomic E-state index is 0.114. The average Bonchev–Trinajstić information content (AvgIpc) is 3.18. The first-order valence-corrected chi connectivity index (χ1v) is 11.1. The quantitative estimate of drug-likeness (QED) is 0.363. The van der Waals surface area contributed by atoms with E-state index in [0.29, 0.717) is 22.1 Å². The summed E-state index contributed by atoms with van der Waals surface area (Å²) in [5.41, 5.74) is 4.96. The lowest BCUT2D eigenvalue weighted by Crippen LogP contribution is -2.16. The molecule has 0 saturated carbocycles. The Labute approximate surface area is 196 Å². The first-order chi connectivity index (χ1) is 15.7. The Morgan fingerprint density at radius 2 is 1.73 bits per heavy atom. The van der Waals surface area contributed by atoms with Crippen LogP contribution in [0.1, 0.15) is 26.3 Å². The van der Waals surface area contributed by atoms with Gasteiger partial charge in [-0.25, -0.2) is 14.3 Å². The van der Waals surface area contributed by atoms with Crippen LogP contribution in [0.3, 0.4) is 0 Å². The average molecular weight is 458 g/mol. The van der Waals surface area contributed by atoms with E-state index in [1.807, 2.05) is 30.1 Å². The van der Waals surface area contributed by atoms with Crippen molar-refractivity contribution in [2.75, 3.05) is 11.9 Å². The van der Waals surface area contributed by atoms with Gasteiger partial charge in [0.25, 0.3) is 5.78 Å². The zero-order chi connectivity index (χ0) is 23.3. The number of anilines is 2. The lowest BCUT2D eigenvalue weighted by Gasteiger charge is -2.22. The molecule has 0 saturated heterocycles. The molecule has 0 bridgehead atoms. The number of nitrogens with one attached hydrogen (secondary N) is 1. The number of aromatic amines is 1. The van der Waals surface area contributed by atoms with Crippen LogP contribution in [-0.4, -0.2) is 26.6 Å². The first kappa shape index (κ1) is 21.2. The first-order valence-electron chi connectivity index (χ1n) is 10.7. The van der Waals surface area contributed by atoms with Gasteiger partial charge in [0, 0.05) is 23.1 Å². The Morgan fingerprint density at radius 3 is 2.45 bits per heavy atom. The van der Waals surface area contributed by atoms with Gasteiger partial charge in [0.2, 0.25) is 0 Å². The van der Waals surface area contributed by atoms with Gasteiger partial charge in [0.15, 0.2) is 0 Å². The summed E-state index contributed by atoms with van der Waals surface area (Å²) in [7, 11) is 1.96. The highest BCUT2D eigenvalue weighted by Crippen LogP contribution is 2.33. The van der Waals surface area contributed by atoms with E-state index in [-0.39, 0.29) is 11.1 Å². The zero-order valence-electron chi connectivity index (χ0n) is 18.9. The highest BCUT2D eigenvalue weighted by molar-refractivity contribution is 6.31. The molecule has 7 heteroatoms. The van der Waals surface area contributed by atoms with Crippen molar-refractivity contribution in [3.63, 3.8) is 0 Å². The van der Waals surface area contributed by atoms with Crippen molar-refractivity contribution in [2.24, 2.45) is 0 Å². The van der Waals surface area contributed by atoms with Gasteiger partial charge < -0.3 is 4.90 Å². The minimum atomic E-state index is -0.348. The lowest BCUT2D eigenvalue weighted by molar-refractivity contribution is 0.590. The molecule has 6 nitrogen and oxygen atoms in total. The molecule has 0 spiro atoms. The Balaban J connectivity index is 1.60. The predicted octanol–water partition coefficient (Wildman–Crippen LogP) is 5.96. The molecule has 2 aromatic heterocycles. The van der Waals surface area contributed by atoms with Crippen LogP contribution in [0.4, 0.5) is 11.5 Å². The van der Waals surface area contributed by atoms with Gasteiger partial charge in [0.05, 0.1) is 5.52 Å². The molecule has 2 heterocycles. The van der Waals surface area contributed by atoms with E-state index in [4.69, 9.17) is 11.6 Å². The molecular weight excluding hydrogens is 434 g/mol. The van der Waals surface area contributed by atoms with Crippen molar-refractivity contribution in [1.82, 2.24) is 19.6 Å². The monoisotopic (exact) mass is 457 g/mol. The molecule has 3 aromatic carbocycles. The fourth-order valence-electron chi connectivity index (χ4n) is 4.05. The molecule has 0 amide bonds. The Bertz CT molecular complexity index is 1540. The number of aromatic nitrogens is 4. The maximum absolute atomic E-state index is 12.3. The summed E-state index contributed by atoms with van der Waals surface area (Å²) in [6, 6.07) is 22.5. The topological polar surface area (TPSA) is 66.3 Å². The highest BCUT2D eigenvalue weighted by atomic mass is 35.5. The number of halogens is 1. The van der Waals surface area contributed by atoms with Crippen molar-refractivity contribution in [1.29, 1.82) is 0 Å². The lowest BCUT2D eigenvalue weighted by atomic mass is 9.86. The van der Waals surface area contributed by atoms with E-state index in [0.717, 1.165) is 22.2 Å². The number of H-pyrrole nitrogens is 1. The molecule has 0 fully saturated rings. The van der Waals surface area contributed by atoms with E-state index < -0.39 is 0 Å². The van der Waals surface area contributed by atoms with Crippen molar-refractivity contribution in [3.8, 4) is 11.1 Å². The number of benzene rings is 3. The molecular formula is C26H24ClN5O. The van der Waals surface area contributed by atoms with Crippen LogP contribution in [0, 0.1) is 0 Å². The third-order valence-corrected chi connectivity index (χ3v) is 6.17. The normalized spacial score (nSPS) is 11.9. The van der Waals surface area contributed by atoms with E-state index in [1.165, 1.54) is 9.96 Å². The largest absolute Gasteiger partial charge is 0.349 e. The molecule has 0 aliphatic rings. The Kier molecular flexibility index (Phi) is 4.98. The number of hydrogen-bond donors (Lipinski definition) is 1. The smallest absolute Gasteiger partial charge is 0.329 e. The molecule has 166 valence electrons. The number of hydrogen-bond acceptors (Lipinski definition) is 4. The van der Waals surface area contributed by atoms with E-state index in [9.17, 15) is 4.79 Å².